The van der Waals surface area contributed by atoms with Crippen LogP contribution in [-0.2, 0) is 9.59 Å². The van der Waals surface area contributed by atoms with Gasteiger partial charge in [-0.2, -0.15) is 0 Å². The van der Waals surface area contributed by atoms with Crippen LogP contribution < -0.4 is 10.6 Å². The topological polar surface area (TPSA) is 93.4 Å². The van der Waals surface area contributed by atoms with Crippen LogP contribution in [0.4, 0.5) is 10.8 Å². The zero-order valence-corrected chi connectivity index (χ0v) is 14.9. The van der Waals surface area contributed by atoms with E-state index in [4.69, 9.17) is 5.73 Å². The third kappa shape index (κ3) is 4.96. The average molecular weight is 359 g/mol. The van der Waals surface area contributed by atoms with Crippen molar-refractivity contribution in [1.29, 1.82) is 0 Å². The summed E-state index contributed by atoms with van der Waals surface area (Å²) in [5.74, 6) is -1.26. The molecule has 2 amide bonds. The molecular formula is C18H21N3O3S. The number of Topliss-reactive ketones (excluding diaryl/α,β-unsaturated/α-hetero) is 1. The first kappa shape index (κ1) is 18.8. The summed E-state index contributed by atoms with van der Waals surface area (Å²) in [7, 11) is 0. The summed E-state index contributed by atoms with van der Waals surface area (Å²) in [6.45, 7) is 2.07. The maximum Gasteiger partial charge on any atom is 0.242 e. The number of para-hydroxylation sites is 1. The summed E-state index contributed by atoms with van der Waals surface area (Å²) in [6, 6.07) is 6.89. The Labute approximate surface area is 150 Å². The van der Waals surface area contributed by atoms with Gasteiger partial charge in [0.25, 0.3) is 0 Å². The number of primary amides is 1. The Morgan fingerprint density at radius 3 is 2.60 bits per heavy atom. The van der Waals surface area contributed by atoms with Gasteiger partial charge in [0.1, 0.15) is 6.42 Å². The van der Waals surface area contributed by atoms with E-state index in [2.05, 4.69) is 11.9 Å². The van der Waals surface area contributed by atoms with Crippen LogP contribution in [0.5, 0.6) is 0 Å². The molecule has 0 bridgehead atoms. The molecule has 1 heterocycles. The summed E-state index contributed by atoms with van der Waals surface area (Å²) in [6.07, 6.45) is 4.34. The van der Waals surface area contributed by atoms with Crippen LogP contribution in [0, 0.1) is 0 Å². The number of nitrogens with two attached hydrogens (primary N) is 1. The Morgan fingerprint density at radius 2 is 1.96 bits per heavy atom. The van der Waals surface area contributed by atoms with Gasteiger partial charge in [-0.25, -0.2) is 4.98 Å². The number of nitrogens with zero attached hydrogens (tertiary/aromatic N) is 2. The number of amides is 2. The largest absolute Gasteiger partial charge is 0.369 e. The summed E-state index contributed by atoms with van der Waals surface area (Å²) in [5.41, 5.74) is 6.06. The van der Waals surface area contributed by atoms with Crippen LogP contribution >= 0.6 is 11.3 Å². The van der Waals surface area contributed by atoms with Crippen molar-refractivity contribution in [3.05, 3.63) is 41.4 Å². The average Bonchev–Trinajstić information content (AvgIpc) is 3.09. The van der Waals surface area contributed by atoms with Gasteiger partial charge in [-0.1, -0.05) is 31.9 Å². The molecule has 0 aliphatic rings. The van der Waals surface area contributed by atoms with Crippen molar-refractivity contribution in [3.63, 3.8) is 0 Å². The van der Waals surface area contributed by atoms with Crippen molar-refractivity contribution < 1.29 is 14.4 Å². The Morgan fingerprint density at radius 1 is 1.20 bits per heavy atom. The molecule has 1 aromatic heterocycles. The predicted molar refractivity (Wildman–Crippen MR) is 98.0 cm³/mol. The van der Waals surface area contributed by atoms with Gasteiger partial charge < -0.3 is 5.73 Å². The zero-order valence-electron chi connectivity index (χ0n) is 14.1. The molecule has 0 aliphatic carbocycles. The number of hydrogen-bond acceptors (Lipinski definition) is 5. The van der Waals surface area contributed by atoms with Gasteiger partial charge >= 0.3 is 0 Å². The number of carbonyl (C=O) groups excluding carboxylic acids is 3. The van der Waals surface area contributed by atoms with E-state index in [0.29, 0.717) is 22.8 Å². The summed E-state index contributed by atoms with van der Waals surface area (Å²) in [5, 5.41) is 2.13. The monoisotopic (exact) mass is 359 g/mol. The van der Waals surface area contributed by atoms with Crippen LogP contribution in [0.1, 0.15) is 49.4 Å². The van der Waals surface area contributed by atoms with Gasteiger partial charge in [0.15, 0.2) is 10.9 Å². The van der Waals surface area contributed by atoms with Crippen molar-refractivity contribution in [2.45, 2.75) is 39.0 Å². The normalized spacial score (nSPS) is 10.4. The highest BCUT2D eigenvalue weighted by Gasteiger charge is 2.25. The van der Waals surface area contributed by atoms with E-state index in [1.807, 2.05) is 0 Å². The fourth-order valence-corrected chi connectivity index (χ4v) is 3.14. The molecule has 0 spiro atoms. The highest BCUT2D eigenvalue weighted by Crippen LogP contribution is 2.31. The highest BCUT2D eigenvalue weighted by atomic mass is 32.1. The van der Waals surface area contributed by atoms with E-state index in [9.17, 15) is 14.4 Å². The Hall–Kier alpha value is -2.54. The van der Waals surface area contributed by atoms with Crippen molar-refractivity contribution in [2.75, 3.05) is 4.90 Å². The van der Waals surface area contributed by atoms with Crippen LogP contribution in [0.3, 0.4) is 0 Å². The van der Waals surface area contributed by atoms with Crippen molar-refractivity contribution in [3.8, 4) is 0 Å². The Balaban J connectivity index is 2.39. The van der Waals surface area contributed by atoms with E-state index in [1.54, 1.807) is 35.8 Å². The van der Waals surface area contributed by atoms with Crippen molar-refractivity contribution >= 4 is 39.8 Å². The fourth-order valence-electron chi connectivity index (χ4n) is 2.47. The van der Waals surface area contributed by atoms with Crippen LogP contribution in [-0.4, -0.2) is 22.6 Å². The third-order valence-electron chi connectivity index (χ3n) is 3.64. The molecule has 0 atom stereocenters. The second-order valence-electron chi connectivity index (χ2n) is 5.58. The number of unbranched alkanes of at least 4 members (excludes halogenated alkanes) is 2. The minimum Gasteiger partial charge on any atom is -0.369 e. The number of benzene rings is 1. The van der Waals surface area contributed by atoms with E-state index >= 15 is 0 Å². The van der Waals surface area contributed by atoms with Gasteiger partial charge in [-0.3, -0.25) is 19.3 Å². The van der Waals surface area contributed by atoms with Crippen molar-refractivity contribution in [2.24, 2.45) is 5.73 Å². The lowest BCUT2D eigenvalue weighted by Gasteiger charge is -2.22. The summed E-state index contributed by atoms with van der Waals surface area (Å²) >= 11 is 1.25. The quantitative estimate of drug-likeness (QED) is 0.421. The van der Waals surface area contributed by atoms with Gasteiger partial charge in [-0.05, 0) is 18.6 Å². The molecule has 25 heavy (non-hydrogen) atoms. The number of anilines is 2. The van der Waals surface area contributed by atoms with Gasteiger partial charge in [0.05, 0.1) is 5.69 Å². The number of hydrogen-bond donors (Lipinski definition) is 1. The number of aromatic nitrogens is 1. The molecule has 2 rings (SSSR count). The first-order chi connectivity index (χ1) is 12.0. The highest BCUT2D eigenvalue weighted by molar-refractivity contribution is 7.13. The van der Waals surface area contributed by atoms with Gasteiger partial charge in [-0.15, -0.1) is 11.3 Å². The second kappa shape index (κ2) is 9.08. The van der Waals surface area contributed by atoms with E-state index < -0.39 is 18.2 Å². The molecule has 7 heteroatoms. The number of thiazole rings is 1. The molecule has 0 unspecified atom stereocenters. The smallest absolute Gasteiger partial charge is 0.242 e. The minimum atomic E-state index is -0.724. The second-order valence-corrected chi connectivity index (χ2v) is 6.46. The standard InChI is InChI=1S/C18H21N3O3S/c1-2-3-4-9-15(22)13-7-5-6-8-14(13)21(17(24)12-16(19)23)18-20-10-11-25-18/h5-8,10-11H,2-4,9,12H2,1H3,(H2,19,23). The molecule has 132 valence electrons. The molecule has 2 N–H and O–H groups in total. The number of ketones is 1. The van der Waals surface area contributed by atoms with Crippen molar-refractivity contribution in [1.82, 2.24) is 4.98 Å². The predicted octanol–water partition coefficient (Wildman–Crippen LogP) is 3.45. The summed E-state index contributed by atoms with van der Waals surface area (Å²) in [4.78, 5) is 41.8. The van der Waals surface area contributed by atoms with E-state index in [0.717, 1.165) is 19.3 Å². The maximum atomic E-state index is 12.6. The van der Waals surface area contributed by atoms with Crippen LogP contribution in [0.25, 0.3) is 0 Å². The molecule has 0 saturated carbocycles. The van der Waals surface area contributed by atoms with Crippen LogP contribution in [0.2, 0.25) is 0 Å². The number of carbonyl (C=O) groups is 3. The lowest BCUT2D eigenvalue weighted by Crippen LogP contribution is -2.31. The minimum absolute atomic E-state index is 0.0301. The van der Waals surface area contributed by atoms with E-state index in [1.165, 1.54) is 16.2 Å². The molecule has 0 radical (unpaired) electrons. The first-order valence-corrected chi connectivity index (χ1v) is 9.05. The molecule has 0 saturated heterocycles. The SMILES string of the molecule is CCCCCC(=O)c1ccccc1N(C(=O)CC(N)=O)c1nccs1. The Bertz CT molecular complexity index is 744. The van der Waals surface area contributed by atoms with Gasteiger partial charge in [0.2, 0.25) is 11.8 Å². The molecule has 0 aliphatic heterocycles. The number of rotatable bonds is 9. The lowest BCUT2D eigenvalue weighted by atomic mass is 10.0. The van der Waals surface area contributed by atoms with E-state index in [-0.39, 0.29) is 5.78 Å². The molecular weight excluding hydrogens is 338 g/mol. The molecule has 6 nitrogen and oxygen atoms in total. The molecule has 2 aromatic rings. The molecule has 0 fully saturated rings. The van der Waals surface area contributed by atoms with Crippen LogP contribution in [0.15, 0.2) is 35.8 Å². The third-order valence-corrected chi connectivity index (χ3v) is 4.39. The molecule has 1 aromatic carbocycles. The first-order valence-electron chi connectivity index (χ1n) is 8.17. The van der Waals surface area contributed by atoms with Gasteiger partial charge in [0, 0.05) is 23.6 Å². The maximum absolute atomic E-state index is 12.6. The lowest BCUT2D eigenvalue weighted by molar-refractivity contribution is -0.125. The fraction of sp³-hybridized carbons (Fsp3) is 0.333. The Kier molecular flexibility index (Phi) is 6.82. The summed E-state index contributed by atoms with van der Waals surface area (Å²) < 4.78 is 0. The zero-order chi connectivity index (χ0) is 18.2.